The molecule has 3 heteroatoms. The minimum absolute atomic E-state index is 0.730. The molecule has 0 aromatic rings. The third-order valence-electron chi connectivity index (χ3n) is 6.20. The van der Waals surface area contributed by atoms with Crippen LogP contribution in [-0.2, 0) is 0 Å². The average molecular weight is 293 g/mol. The van der Waals surface area contributed by atoms with Crippen molar-refractivity contribution in [1.82, 2.24) is 15.1 Å². The molecule has 1 heterocycles. The largest absolute Gasteiger partial charge is 0.317 e. The van der Waals surface area contributed by atoms with Crippen LogP contribution in [-0.4, -0.2) is 62.2 Å². The van der Waals surface area contributed by atoms with Crippen LogP contribution in [0.1, 0.15) is 39.5 Å². The van der Waals surface area contributed by atoms with Crippen molar-refractivity contribution in [3.8, 4) is 0 Å². The molecule has 3 rings (SSSR count). The highest BCUT2D eigenvalue weighted by Gasteiger charge is 2.35. The maximum atomic E-state index is 3.61. The van der Waals surface area contributed by atoms with Crippen molar-refractivity contribution < 1.29 is 0 Å². The zero-order valence-corrected chi connectivity index (χ0v) is 14.4. The van der Waals surface area contributed by atoms with Gasteiger partial charge in [-0.1, -0.05) is 13.8 Å². The second-order valence-corrected chi connectivity index (χ2v) is 8.16. The lowest BCUT2D eigenvalue weighted by Gasteiger charge is -2.44. The van der Waals surface area contributed by atoms with E-state index in [-0.39, 0.29) is 0 Å². The van der Waals surface area contributed by atoms with Crippen molar-refractivity contribution in [2.75, 3.05) is 46.3 Å². The molecule has 1 aliphatic heterocycles. The van der Waals surface area contributed by atoms with E-state index in [0.29, 0.717) is 0 Å². The second-order valence-electron chi connectivity index (χ2n) is 8.16. The Morgan fingerprint density at radius 2 is 1.52 bits per heavy atom. The van der Waals surface area contributed by atoms with Crippen LogP contribution in [0.15, 0.2) is 0 Å². The maximum absolute atomic E-state index is 3.61. The van der Waals surface area contributed by atoms with Crippen molar-refractivity contribution in [1.29, 1.82) is 0 Å². The summed E-state index contributed by atoms with van der Waals surface area (Å²) in [5, 5.41) is 3.61. The highest BCUT2D eigenvalue weighted by molar-refractivity contribution is 4.90. The van der Waals surface area contributed by atoms with Crippen LogP contribution in [0.2, 0.25) is 0 Å². The number of nitrogens with zero attached hydrogens (tertiary/aromatic N) is 2. The summed E-state index contributed by atoms with van der Waals surface area (Å²) in [5.74, 6) is 3.66. The molecule has 3 nitrogen and oxygen atoms in total. The van der Waals surface area contributed by atoms with Gasteiger partial charge in [0.1, 0.15) is 0 Å². The van der Waals surface area contributed by atoms with E-state index in [1.165, 1.54) is 65.0 Å². The Morgan fingerprint density at radius 3 is 2.10 bits per heavy atom. The second kappa shape index (κ2) is 6.97. The summed E-state index contributed by atoms with van der Waals surface area (Å²) in [5.41, 5.74) is 0. The van der Waals surface area contributed by atoms with Crippen molar-refractivity contribution in [2.24, 2.45) is 23.7 Å². The molecule has 0 aromatic heterocycles. The molecule has 0 aromatic carbocycles. The Labute approximate surface area is 131 Å². The molecule has 3 aliphatic rings. The lowest BCUT2D eigenvalue weighted by Crippen LogP contribution is -2.52. The van der Waals surface area contributed by atoms with Gasteiger partial charge in [0.15, 0.2) is 0 Å². The van der Waals surface area contributed by atoms with E-state index in [1.54, 1.807) is 0 Å². The Morgan fingerprint density at radius 1 is 0.905 bits per heavy atom. The summed E-state index contributed by atoms with van der Waals surface area (Å²) in [4.78, 5) is 5.45. The van der Waals surface area contributed by atoms with Crippen molar-refractivity contribution in [2.45, 2.75) is 45.6 Å². The summed E-state index contributed by atoms with van der Waals surface area (Å²) in [7, 11) is 2.16. The van der Waals surface area contributed by atoms with Crippen LogP contribution in [0.4, 0.5) is 0 Å². The van der Waals surface area contributed by atoms with E-state index in [1.807, 2.05) is 0 Å². The predicted molar refractivity (Wildman–Crippen MR) is 89.5 cm³/mol. The molecule has 4 unspecified atom stereocenters. The normalized spacial score (nSPS) is 39.6. The maximum Gasteiger partial charge on any atom is 0.0110 e. The Bertz CT molecular complexity index is 320. The van der Waals surface area contributed by atoms with Gasteiger partial charge in [-0.25, -0.2) is 0 Å². The van der Waals surface area contributed by atoms with Gasteiger partial charge >= 0.3 is 0 Å². The summed E-state index contributed by atoms with van der Waals surface area (Å²) in [6.07, 6.45) is 5.77. The number of hydrogen-bond donors (Lipinski definition) is 1. The lowest BCUT2D eigenvalue weighted by atomic mass is 9.72. The van der Waals surface area contributed by atoms with E-state index >= 15 is 0 Å². The predicted octanol–water partition coefficient (Wildman–Crippen LogP) is 2.28. The van der Waals surface area contributed by atoms with Gasteiger partial charge in [0.25, 0.3) is 0 Å². The molecule has 0 spiro atoms. The Hall–Kier alpha value is -0.120. The number of hydrogen-bond acceptors (Lipinski definition) is 3. The molecule has 0 amide bonds. The van der Waals surface area contributed by atoms with Crippen molar-refractivity contribution >= 4 is 0 Å². The highest BCUT2D eigenvalue weighted by atomic mass is 15.3. The first kappa shape index (κ1) is 15.8. The highest BCUT2D eigenvalue weighted by Crippen LogP contribution is 2.34. The van der Waals surface area contributed by atoms with Gasteiger partial charge in [0.05, 0.1) is 0 Å². The van der Waals surface area contributed by atoms with Crippen LogP contribution in [0.3, 0.4) is 0 Å². The van der Waals surface area contributed by atoms with Crippen LogP contribution >= 0.6 is 0 Å². The van der Waals surface area contributed by atoms with E-state index in [2.05, 4.69) is 36.0 Å². The van der Waals surface area contributed by atoms with E-state index < -0.39 is 0 Å². The molecule has 3 fully saturated rings. The zero-order chi connectivity index (χ0) is 14.8. The van der Waals surface area contributed by atoms with Crippen molar-refractivity contribution in [3.63, 3.8) is 0 Å². The van der Waals surface area contributed by atoms with Crippen LogP contribution in [0.5, 0.6) is 0 Å². The molecule has 1 N–H and O–H groups in total. The van der Waals surface area contributed by atoms with Crippen LogP contribution in [0.25, 0.3) is 0 Å². The van der Waals surface area contributed by atoms with Crippen molar-refractivity contribution in [3.05, 3.63) is 0 Å². The van der Waals surface area contributed by atoms with E-state index in [4.69, 9.17) is 0 Å². The molecule has 2 aliphatic carbocycles. The third kappa shape index (κ3) is 4.20. The molecular formula is C18H35N3. The summed E-state index contributed by atoms with van der Waals surface area (Å²) in [6.45, 7) is 12.8. The molecule has 1 saturated heterocycles. The summed E-state index contributed by atoms with van der Waals surface area (Å²) >= 11 is 0. The van der Waals surface area contributed by atoms with Crippen LogP contribution in [0, 0.1) is 23.7 Å². The van der Waals surface area contributed by atoms with Gasteiger partial charge in [0.2, 0.25) is 0 Å². The fourth-order valence-electron chi connectivity index (χ4n) is 4.67. The average Bonchev–Trinajstić information content (AvgIpc) is 3.27. The molecule has 2 saturated carbocycles. The van der Waals surface area contributed by atoms with Gasteiger partial charge in [-0.05, 0) is 56.4 Å². The fourth-order valence-corrected chi connectivity index (χ4v) is 4.67. The first-order valence-corrected chi connectivity index (χ1v) is 9.27. The molecule has 0 bridgehead atoms. The van der Waals surface area contributed by atoms with Gasteiger partial charge in [0, 0.05) is 45.3 Å². The van der Waals surface area contributed by atoms with Gasteiger partial charge in [-0.3, -0.25) is 0 Å². The lowest BCUT2D eigenvalue weighted by molar-refractivity contribution is 0.0688. The molecular weight excluding hydrogens is 258 g/mol. The molecule has 0 radical (unpaired) electrons. The summed E-state index contributed by atoms with van der Waals surface area (Å²) < 4.78 is 0. The first-order chi connectivity index (χ1) is 10.2. The smallest absolute Gasteiger partial charge is 0.0110 e. The monoisotopic (exact) mass is 293 g/mol. The van der Waals surface area contributed by atoms with E-state index in [9.17, 15) is 0 Å². The Kier molecular flexibility index (Phi) is 5.23. The summed E-state index contributed by atoms with van der Waals surface area (Å²) in [6, 6.07) is 0.730. The SMILES string of the molecule is CNC1CC(C)CC(C)C1CN1CCN(CC2CC2)CC1. The van der Waals surface area contributed by atoms with E-state index in [0.717, 1.165) is 29.7 Å². The number of rotatable bonds is 5. The number of piperazine rings is 1. The first-order valence-electron chi connectivity index (χ1n) is 9.27. The minimum atomic E-state index is 0.730. The fraction of sp³-hybridized carbons (Fsp3) is 1.00. The van der Waals surface area contributed by atoms with Crippen LogP contribution < -0.4 is 5.32 Å². The van der Waals surface area contributed by atoms with Gasteiger partial charge in [-0.15, -0.1) is 0 Å². The Balaban J connectivity index is 1.46. The van der Waals surface area contributed by atoms with Gasteiger partial charge < -0.3 is 15.1 Å². The quantitative estimate of drug-likeness (QED) is 0.839. The molecule has 4 atom stereocenters. The molecule has 122 valence electrons. The number of nitrogens with one attached hydrogen (secondary N) is 1. The topological polar surface area (TPSA) is 18.5 Å². The standard InChI is InChI=1S/C18H35N3/c1-14-10-15(2)17(18(11-14)19-3)13-21-8-6-20(7-9-21)12-16-4-5-16/h14-19H,4-13H2,1-3H3. The molecule has 21 heavy (non-hydrogen) atoms. The zero-order valence-electron chi connectivity index (χ0n) is 14.4. The third-order valence-corrected chi connectivity index (χ3v) is 6.20. The van der Waals surface area contributed by atoms with Gasteiger partial charge in [-0.2, -0.15) is 0 Å². The minimum Gasteiger partial charge on any atom is -0.317 e.